The zero-order valence-electron chi connectivity index (χ0n) is 42.1. The second-order valence-corrected chi connectivity index (χ2v) is 18.1. The maximum Gasteiger partial charge on any atom is 2.00 e. The van der Waals surface area contributed by atoms with Crippen LogP contribution in [0.25, 0.3) is 121 Å². The SMILES string of the molecule is [2H]C([2H])([2H])c1cc(-n2c3[c-]c(Oc4[c-]c(-n5c6ncccc6c6cccnc65)c(F)nc4F)ccc3c3ccccc32)ncc1-c1c(-n2c3ccccc3c3ccccc32)cccc1-n1c2ccccc2c2ccccc21.[Pt+2]. The molecule has 8 heterocycles. The fraction of sp³-hybridized carbons (Fsp3) is 0.0159. The summed E-state index contributed by atoms with van der Waals surface area (Å²) in [4.78, 5) is 17.8. The van der Waals surface area contributed by atoms with Crippen molar-refractivity contribution in [2.24, 2.45) is 0 Å². The Balaban J connectivity index is 0.00000552. The molecule has 75 heavy (non-hydrogen) atoms. The fourth-order valence-corrected chi connectivity index (χ4v) is 11.1. The second kappa shape index (κ2) is 17.2. The van der Waals surface area contributed by atoms with E-state index in [0.717, 1.165) is 65.8 Å². The number of para-hydroxylation sites is 5. The van der Waals surface area contributed by atoms with Crippen LogP contribution in [-0.2, 0) is 21.1 Å². The Hall–Kier alpha value is -9.31. The van der Waals surface area contributed by atoms with Gasteiger partial charge in [0.15, 0.2) is 0 Å². The minimum absolute atomic E-state index is 0. The van der Waals surface area contributed by atoms with Crippen LogP contribution in [0.2, 0.25) is 0 Å². The van der Waals surface area contributed by atoms with Crippen LogP contribution >= 0.6 is 0 Å². The molecule has 8 aromatic heterocycles. The Labute approximate surface area is 444 Å². The van der Waals surface area contributed by atoms with E-state index in [9.17, 15) is 4.11 Å². The normalized spacial score (nSPS) is 12.6. The summed E-state index contributed by atoms with van der Waals surface area (Å²) in [6.45, 7) is -2.67. The Morgan fingerprint density at radius 1 is 0.480 bits per heavy atom. The van der Waals surface area contributed by atoms with Gasteiger partial charge in [-0.1, -0.05) is 103 Å². The van der Waals surface area contributed by atoms with Gasteiger partial charge in [-0.05, 0) is 96.3 Å². The summed E-state index contributed by atoms with van der Waals surface area (Å²) in [5, 5.41) is 7.21. The number of hydrogen-bond donors (Lipinski definition) is 0. The van der Waals surface area contributed by atoms with Gasteiger partial charge in [0.2, 0.25) is 0 Å². The average Bonchev–Trinajstić information content (AvgIpc) is 4.24. The minimum Gasteiger partial charge on any atom is -0.505 e. The summed E-state index contributed by atoms with van der Waals surface area (Å²) in [5.41, 5.74) is 8.18. The van der Waals surface area contributed by atoms with E-state index >= 15 is 8.78 Å². The van der Waals surface area contributed by atoms with E-state index in [4.69, 9.17) is 9.72 Å². The third-order valence-corrected chi connectivity index (χ3v) is 14.1. The van der Waals surface area contributed by atoms with Gasteiger partial charge in [0, 0.05) is 77.4 Å². The number of aromatic nitrogens is 8. The molecule has 0 fully saturated rings. The van der Waals surface area contributed by atoms with Crippen LogP contribution in [0, 0.1) is 30.9 Å². The molecule has 0 spiro atoms. The molecule has 358 valence electrons. The molecule has 0 N–H and O–H groups in total. The van der Waals surface area contributed by atoms with E-state index in [1.807, 2.05) is 114 Å². The maximum absolute atomic E-state index is 15.9. The number of fused-ring (bicyclic) bond motifs is 12. The molecule has 0 saturated heterocycles. The molecule has 15 rings (SSSR count). The molecule has 0 unspecified atom stereocenters. The third-order valence-electron chi connectivity index (χ3n) is 14.1. The van der Waals surface area contributed by atoms with E-state index in [-0.39, 0.29) is 38.1 Å². The average molecular weight is 1160 g/mol. The number of aryl methyl sites for hydroxylation is 1. The van der Waals surface area contributed by atoms with Crippen molar-refractivity contribution in [1.82, 2.24) is 38.2 Å². The van der Waals surface area contributed by atoms with Gasteiger partial charge in [0.25, 0.3) is 0 Å². The van der Waals surface area contributed by atoms with Crippen LogP contribution in [0.3, 0.4) is 0 Å². The number of halogens is 2. The first-order chi connectivity index (χ1) is 37.7. The van der Waals surface area contributed by atoms with E-state index in [0.29, 0.717) is 50.0 Å². The summed E-state index contributed by atoms with van der Waals surface area (Å²) in [7, 11) is 0. The standard InChI is InChI=1S/C63H36F2N8O.Pt/c1-37-33-58(72-52-26-11-6-19-43(52)44-30-29-38(34-55(44)72)74-57-35-56(60(64)69-61(57)65)73-62-45(20-13-31-66-62)46-21-14-32-67-63(46)73)68-36-47(37)59-53(70-48-22-7-2-15-39(48)40-16-3-8-23-49(40)70)27-12-28-54(59)71-50-24-9-4-17-41(50)42-18-5-10-25-51(42)71;/h2-33,36H,1H3;/q-2;+2/i1D3;. The number of ether oxygens (including phenoxy) is 1. The maximum atomic E-state index is 15.9. The third kappa shape index (κ3) is 6.64. The van der Waals surface area contributed by atoms with Crippen molar-refractivity contribution in [3.05, 3.63) is 230 Å². The van der Waals surface area contributed by atoms with Crippen LogP contribution in [0.1, 0.15) is 9.68 Å². The van der Waals surface area contributed by atoms with Gasteiger partial charge in [0.1, 0.15) is 29.0 Å². The van der Waals surface area contributed by atoms with E-state index in [1.54, 1.807) is 42.9 Å². The quantitative estimate of drug-likeness (QED) is 0.117. The molecular weight excluding hydrogens is 1120 g/mol. The van der Waals surface area contributed by atoms with Crippen molar-refractivity contribution in [2.45, 2.75) is 6.85 Å². The van der Waals surface area contributed by atoms with Crippen LogP contribution < -0.4 is 4.74 Å². The predicted octanol–water partition coefficient (Wildman–Crippen LogP) is 15.3. The van der Waals surface area contributed by atoms with Gasteiger partial charge >= 0.3 is 21.1 Å². The largest absolute Gasteiger partial charge is 2.00 e. The molecule has 0 atom stereocenters. The molecule has 0 aliphatic rings. The van der Waals surface area contributed by atoms with Crippen LogP contribution in [0.4, 0.5) is 8.78 Å². The summed E-state index contributed by atoms with van der Waals surface area (Å²) in [6, 6.07) is 65.2. The number of nitrogens with zero attached hydrogens (tertiary/aromatic N) is 8. The Morgan fingerprint density at radius 2 is 0.973 bits per heavy atom. The molecule has 0 aliphatic heterocycles. The molecule has 0 bridgehead atoms. The predicted molar refractivity (Wildman–Crippen MR) is 289 cm³/mol. The van der Waals surface area contributed by atoms with Crippen LogP contribution in [0.5, 0.6) is 11.5 Å². The summed E-state index contributed by atoms with van der Waals surface area (Å²) in [5.74, 6) is -2.51. The van der Waals surface area contributed by atoms with Crippen molar-refractivity contribution >= 4 is 87.5 Å². The zero-order chi connectivity index (χ0) is 51.7. The first-order valence-corrected chi connectivity index (χ1v) is 23.9. The van der Waals surface area contributed by atoms with Crippen molar-refractivity contribution in [3.63, 3.8) is 0 Å². The van der Waals surface area contributed by atoms with Crippen molar-refractivity contribution < 1.29 is 38.7 Å². The molecule has 0 saturated carbocycles. The minimum atomic E-state index is -2.67. The van der Waals surface area contributed by atoms with Crippen LogP contribution in [0.15, 0.2) is 201 Å². The fourth-order valence-electron chi connectivity index (χ4n) is 11.1. The molecule has 9 nitrogen and oxygen atoms in total. The van der Waals surface area contributed by atoms with Crippen molar-refractivity contribution in [1.29, 1.82) is 0 Å². The zero-order valence-corrected chi connectivity index (χ0v) is 41.4. The van der Waals surface area contributed by atoms with Gasteiger partial charge in [-0.15, -0.1) is 23.6 Å². The first-order valence-electron chi connectivity index (χ1n) is 25.4. The van der Waals surface area contributed by atoms with Gasteiger partial charge in [0.05, 0.1) is 39.2 Å². The van der Waals surface area contributed by atoms with E-state index in [1.165, 1.54) is 4.57 Å². The second-order valence-electron chi connectivity index (χ2n) is 18.1. The van der Waals surface area contributed by atoms with Crippen molar-refractivity contribution in [2.75, 3.05) is 0 Å². The van der Waals surface area contributed by atoms with Gasteiger partial charge in [-0.25, -0.2) is 15.0 Å². The smallest absolute Gasteiger partial charge is 0.505 e. The Bertz CT molecular complexity index is 4670. The Kier molecular flexibility index (Phi) is 9.42. The summed E-state index contributed by atoms with van der Waals surface area (Å²) >= 11 is 0. The monoisotopic (exact) mass is 1160 g/mol. The topological polar surface area (TPSA) is 80.5 Å². The van der Waals surface area contributed by atoms with Gasteiger partial charge < -0.3 is 23.4 Å². The molecule has 0 aliphatic carbocycles. The molecule has 15 aromatic rings. The molecular formula is C63H36F2N8OPt. The number of rotatable bonds is 7. The van der Waals surface area contributed by atoms with E-state index < -0.39 is 24.5 Å². The molecule has 7 aromatic carbocycles. The number of hydrogen-bond acceptors (Lipinski definition) is 5. The van der Waals surface area contributed by atoms with Crippen molar-refractivity contribution in [3.8, 4) is 45.5 Å². The summed E-state index contributed by atoms with van der Waals surface area (Å²) in [6.07, 6.45) is 4.82. The van der Waals surface area contributed by atoms with E-state index in [2.05, 4.69) is 84.7 Å². The summed E-state index contributed by atoms with van der Waals surface area (Å²) < 4.78 is 73.7. The molecule has 0 amide bonds. The van der Waals surface area contributed by atoms with Crippen LogP contribution in [-0.4, -0.2) is 38.2 Å². The molecule has 0 radical (unpaired) electrons. The first kappa shape index (κ1) is 41.2. The van der Waals surface area contributed by atoms with Gasteiger partial charge in [-0.2, -0.15) is 6.07 Å². The number of pyridine rings is 4. The number of benzene rings is 7. The van der Waals surface area contributed by atoms with Gasteiger partial charge in [-0.3, -0.25) is 13.3 Å². The Morgan fingerprint density at radius 3 is 1.51 bits per heavy atom. The molecule has 12 heteroatoms.